The number of nitrogens with one attached hydrogen (secondary N) is 1. The molecule has 0 radical (unpaired) electrons. The Bertz CT molecular complexity index is 512. The van der Waals surface area contributed by atoms with E-state index in [1.807, 2.05) is 25.2 Å². The normalized spacial score (nSPS) is 12.4. The highest BCUT2D eigenvalue weighted by Crippen LogP contribution is 2.24. The summed E-state index contributed by atoms with van der Waals surface area (Å²) in [4.78, 5) is 0. The summed E-state index contributed by atoms with van der Waals surface area (Å²) in [5.74, 6) is 0.899. The zero-order valence-electron chi connectivity index (χ0n) is 10.8. The van der Waals surface area contributed by atoms with Crippen LogP contribution in [0.15, 0.2) is 24.3 Å². The lowest BCUT2D eigenvalue weighted by molar-refractivity contribution is 0.410. The first kappa shape index (κ1) is 13.0. The summed E-state index contributed by atoms with van der Waals surface area (Å²) in [5, 5.41) is 13.6. The van der Waals surface area contributed by atoms with Gasteiger partial charge in [-0.1, -0.05) is 29.5 Å². The zero-order valence-corrected chi connectivity index (χ0v) is 11.6. The van der Waals surface area contributed by atoms with Crippen LogP contribution in [0.1, 0.15) is 28.5 Å². The van der Waals surface area contributed by atoms with Crippen LogP contribution in [0.25, 0.3) is 0 Å². The molecular formula is C13H17N3OS. The summed E-state index contributed by atoms with van der Waals surface area (Å²) < 4.78 is 5.34. The van der Waals surface area contributed by atoms with E-state index in [0.717, 1.165) is 27.7 Å². The van der Waals surface area contributed by atoms with Gasteiger partial charge in [0.05, 0.1) is 13.2 Å². The van der Waals surface area contributed by atoms with Crippen molar-refractivity contribution in [2.45, 2.75) is 19.4 Å². The van der Waals surface area contributed by atoms with Crippen molar-refractivity contribution in [3.05, 3.63) is 39.8 Å². The Hall–Kier alpha value is -1.46. The first-order valence-electron chi connectivity index (χ1n) is 5.86. The van der Waals surface area contributed by atoms with Crippen molar-refractivity contribution in [3.63, 3.8) is 0 Å². The summed E-state index contributed by atoms with van der Waals surface area (Å²) >= 11 is 1.64. The number of aromatic nitrogens is 2. The third-order valence-electron chi connectivity index (χ3n) is 2.82. The van der Waals surface area contributed by atoms with Crippen molar-refractivity contribution in [2.75, 3.05) is 14.2 Å². The van der Waals surface area contributed by atoms with Crippen LogP contribution < -0.4 is 10.1 Å². The molecule has 0 aliphatic heterocycles. The maximum Gasteiger partial charge on any atom is 0.134 e. The number of para-hydroxylation sites is 1. The van der Waals surface area contributed by atoms with Crippen LogP contribution >= 0.6 is 11.3 Å². The Labute approximate surface area is 111 Å². The Morgan fingerprint density at radius 3 is 2.83 bits per heavy atom. The maximum absolute atomic E-state index is 5.34. The van der Waals surface area contributed by atoms with E-state index >= 15 is 0 Å². The van der Waals surface area contributed by atoms with E-state index in [1.54, 1.807) is 18.4 Å². The molecule has 5 heteroatoms. The SMILES string of the molecule is CNC(C)c1nnc(Cc2ccccc2OC)s1. The topological polar surface area (TPSA) is 47.0 Å². The van der Waals surface area contributed by atoms with Crippen LogP contribution in [0.3, 0.4) is 0 Å². The monoisotopic (exact) mass is 263 g/mol. The number of hydrogen-bond donors (Lipinski definition) is 1. The molecule has 0 spiro atoms. The van der Waals surface area contributed by atoms with E-state index in [2.05, 4.69) is 28.5 Å². The molecule has 0 fully saturated rings. The number of methoxy groups -OCH3 is 1. The maximum atomic E-state index is 5.34. The molecule has 96 valence electrons. The van der Waals surface area contributed by atoms with Crippen LogP contribution in [-0.2, 0) is 6.42 Å². The van der Waals surface area contributed by atoms with Gasteiger partial charge in [0.15, 0.2) is 0 Å². The van der Waals surface area contributed by atoms with Crippen LogP contribution in [-0.4, -0.2) is 24.4 Å². The van der Waals surface area contributed by atoms with Gasteiger partial charge in [-0.2, -0.15) is 0 Å². The summed E-state index contributed by atoms with van der Waals surface area (Å²) in [7, 11) is 3.61. The van der Waals surface area contributed by atoms with E-state index in [4.69, 9.17) is 4.74 Å². The second kappa shape index (κ2) is 5.93. The molecule has 1 unspecified atom stereocenters. The van der Waals surface area contributed by atoms with Gasteiger partial charge in [0.25, 0.3) is 0 Å². The van der Waals surface area contributed by atoms with Gasteiger partial charge in [0.2, 0.25) is 0 Å². The highest BCUT2D eigenvalue weighted by atomic mass is 32.1. The Balaban J connectivity index is 2.16. The van der Waals surface area contributed by atoms with Gasteiger partial charge in [-0.05, 0) is 20.0 Å². The second-order valence-electron chi connectivity index (χ2n) is 4.03. The fraction of sp³-hybridized carbons (Fsp3) is 0.385. The highest BCUT2D eigenvalue weighted by Gasteiger charge is 2.11. The van der Waals surface area contributed by atoms with Crippen molar-refractivity contribution in [1.82, 2.24) is 15.5 Å². The van der Waals surface area contributed by atoms with E-state index in [9.17, 15) is 0 Å². The summed E-state index contributed by atoms with van der Waals surface area (Å²) in [6.07, 6.45) is 0.762. The van der Waals surface area contributed by atoms with Crippen LogP contribution in [0.2, 0.25) is 0 Å². The van der Waals surface area contributed by atoms with E-state index < -0.39 is 0 Å². The molecular weight excluding hydrogens is 246 g/mol. The van der Waals surface area contributed by atoms with Gasteiger partial charge in [-0.3, -0.25) is 0 Å². The predicted octanol–water partition coefficient (Wildman–Crippen LogP) is 2.42. The Morgan fingerprint density at radius 2 is 2.11 bits per heavy atom. The third kappa shape index (κ3) is 2.86. The second-order valence-corrected chi connectivity index (χ2v) is 5.13. The quantitative estimate of drug-likeness (QED) is 0.900. The largest absolute Gasteiger partial charge is 0.496 e. The molecule has 0 bridgehead atoms. The van der Waals surface area contributed by atoms with Gasteiger partial charge in [0.1, 0.15) is 15.8 Å². The molecule has 0 saturated heterocycles. The Kier molecular flexibility index (Phi) is 4.28. The van der Waals surface area contributed by atoms with Crippen molar-refractivity contribution in [1.29, 1.82) is 0 Å². The van der Waals surface area contributed by atoms with Crippen molar-refractivity contribution < 1.29 is 4.74 Å². The molecule has 4 nitrogen and oxygen atoms in total. The smallest absolute Gasteiger partial charge is 0.134 e. The zero-order chi connectivity index (χ0) is 13.0. The highest BCUT2D eigenvalue weighted by molar-refractivity contribution is 7.11. The van der Waals surface area contributed by atoms with Gasteiger partial charge >= 0.3 is 0 Å². The lowest BCUT2D eigenvalue weighted by Crippen LogP contribution is -2.11. The number of nitrogens with zero attached hydrogens (tertiary/aromatic N) is 2. The minimum atomic E-state index is 0.244. The number of rotatable bonds is 5. The molecule has 18 heavy (non-hydrogen) atoms. The first-order valence-corrected chi connectivity index (χ1v) is 6.67. The molecule has 2 aromatic rings. The lowest BCUT2D eigenvalue weighted by Gasteiger charge is -2.05. The van der Waals surface area contributed by atoms with Gasteiger partial charge in [0, 0.05) is 12.0 Å². The number of benzene rings is 1. The predicted molar refractivity (Wildman–Crippen MR) is 73.2 cm³/mol. The average Bonchev–Trinajstić information content (AvgIpc) is 2.87. The summed E-state index contributed by atoms with van der Waals surface area (Å²) in [5.41, 5.74) is 1.14. The molecule has 1 aromatic carbocycles. The summed E-state index contributed by atoms with van der Waals surface area (Å²) in [6, 6.07) is 8.25. The van der Waals surface area contributed by atoms with E-state index in [1.165, 1.54) is 0 Å². The number of ether oxygens (including phenoxy) is 1. The Morgan fingerprint density at radius 1 is 1.33 bits per heavy atom. The molecule has 1 aromatic heterocycles. The van der Waals surface area contributed by atoms with Gasteiger partial charge in [-0.25, -0.2) is 0 Å². The van der Waals surface area contributed by atoms with E-state index in [-0.39, 0.29) is 6.04 Å². The summed E-state index contributed by atoms with van der Waals surface area (Å²) in [6.45, 7) is 2.08. The lowest BCUT2D eigenvalue weighted by atomic mass is 10.1. The van der Waals surface area contributed by atoms with Gasteiger partial charge in [-0.15, -0.1) is 10.2 Å². The molecule has 1 N–H and O–H groups in total. The molecule has 0 saturated carbocycles. The third-order valence-corrected chi connectivity index (χ3v) is 3.93. The average molecular weight is 263 g/mol. The minimum absolute atomic E-state index is 0.244. The molecule has 0 amide bonds. The fourth-order valence-electron chi connectivity index (χ4n) is 1.65. The van der Waals surface area contributed by atoms with Crippen LogP contribution in [0.5, 0.6) is 5.75 Å². The van der Waals surface area contributed by atoms with Crippen molar-refractivity contribution in [3.8, 4) is 5.75 Å². The molecule has 0 aliphatic carbocycles. The molecule has 2 rings (SSSR count). The van der Waals surface area contributed by atoms with Crippen molar-refractivity contribution in [2.24, 2.45) is 0 Å². The van der Waals surface area contributed by atoms with Crippen molar-refractivity contribution >= 4 is 11.3 Å². The first-order chi connectivity index (χ1) is 8.74. The van der Waals surface area contributed by atoms with Crippen LogP contribution in [0, 0.1) is 0 Å². The molecule has 1 atom stereocenters. The standard InChI is InChI=1S/C13H17N3OS/c1-9(14-2)13-16-15-12(18-13)8-10-6-4-5-7-11(10)17-3/h4-7,9,14H,8H2,1-3H3. The fourth-order valence-corrected chi connectivity index (χ4v) is 2.58. The number of hydrogen-bond acceptors (Lipinski definition) is 5. The van der Waals surface area contributed by atoms with Gasteiger partial charge < -0.3 is 10.1 Å². The molecule has 0 aliphatic rings. The van der Waals surface area contributed by atoms with E-state index in [0.29, 0.717) is 0 Å². The minimum Gasteiger partial charge on any atom is -0.496 e. The van der Waals surface area contributed by atoms with Crippen LogP contribution in [0.4, 0.5) is 0 Å². The molecule has 1 heterocycles.